The van der Waals surface area contributed by atoms with Crippen LogP contribution in [0, 0.1) is 17.3 Å². The summed E-state index contributed by atoms with van der Waals surface area (Å²) >= 11 is 0. The molecule has 0 bridgehead atoms. The van der Waals surface area contributed by atoms with Gasteiger partial charge in [0.25, 0.3) is 0 Å². The molecule has 3 aliphatic rings. The van der Waals surface area contributed by atoms with Crippen molar-refractivity contribution >= 4 is 0 Å². The molecule has 3 heteroatoms. The first kappa shape index (κ1) is 11.0. The van der Waals surface area contributed by atoms with Gasteiger partial charge in [0.1, 0.15) is 0 Å². The Kier molecular flexibility index (Phi) is 2.94. The summed E-state index contributed by atoms with van der Waals surface area (Å²) in [5, 5.41) is 3.48. The van der Waals surface area contributed by atoms with Gasteiger partial charge >= 0.3 is 0 Å². The van der Waals surface area contributed by atoms with Gasteiger partial charge in [-0.05, 0) is 57.8 Å². The van der Waals surface area contributed by atoms with Gasteiger partial charge in [0.2, 0.25) is 0 Å². The molecule has 16 heavy (non-hydrogen) atoms. The van der Waals surface area contributed by atoms with E-state index in [1.54, 1.807) is 0 Å². The Balaban J connectivity index is 1.71. The first-order valence-corrected chi connectivity index (χ1v) is 6.78. The maximum Gasteiger partial charge on any atom is 0.0550 e. The zero-order chi connectivity index (χ0) is 11.0. The van der Waals surface area contributed by atoms with E-state index in [2.05, 4.69) is 17.3 Å². The van der Waals surface area contributed by atoms with E-state index in [9.17, 15) is 0 Å². The molecule has 3 rings (SSSR count). The Morgan fingerprint density at radius 2 is 1.88 bits per heavy atom. The zero-order valence-corrected chi connectivity index (χ0v) is 10.4. The second kappa shape index (κ2) is 4.28. The lowest BCUT2D eigenvalue weighted by Gasteiger charge is -2.52. The lowest BCUT2D eigenvalue weighted by molar-refractivity contribution is -0.180. The van der Waals surface area contributed by atoms with Gasteiger partial charge in [-0.3, -0.25) is 0 Å². The van der Waals surface area contributed by atoms with E-state index in [1.807, 2.05) is 0 Å². The number of hydrogen-bond donors (Lipinski definition) is 1. The van der Waals surface area contributed by atoms with Crippen LogP contribution in [0.2, 0.25) is 0 Å². The molecule has 0 aromatic carbocycles. The molecule has 0 saturated carbocycles. The van der Waals surface area contributed by atoms with E-state index in [4.69, 9.17) is 4.74 Å². The lowest BCUT2D eigenvalue weighted by atomic mass is 9.62. The minimum absolute atomic E-state index is 0.548. The SMILES string of the molecule is CN1CCC(C2(C3CCNCC3)COC2)C1. The van der Waals surface area contributed by atoms with E-state index in [1.165, 1.54) is 45.4 Å². The average molecular weight is 224 g/mol. The van der Waals surface area contributed by atoms with Crippen molar-refractivity contribution in [2.75, 3.05) is 46.4 Å². The summed E-state index contributed by atoms with van der Waals surface area (Å²) in [6, 6.07) is 0. The van der Waals surface area contributed by atoms with Crippen molar-refractivity contribution in [3.63, 3.8) is 0 Å². The first-order valence-electron chi connectivity index (χ1n) is 6.78. The van der Waals surface area contributed by atoms with Crippen LogP contribution in [0.1, 0.15) is 19.3 Å². The van der Waals surface area contributed by atoms with E-state index in [0.717, 1.165) is 25.0 Å². The molecule has 3 nitrogen and oxygen atoms in total. The highest BCUT2D eigenvalue weighted by atomic mass is 16.5. The second-order valence-corrected chi connectivity index (χ2v) is 6.00. The summed E-state index contributed by atoms with van der Waals surface area (Å²) in [6.45, 7) is 7.10. The van der Waals surface area contributed by atoms with Crippen LogP contribution in [0.15, 0.2) is 0 Å². The van der Waals surface area contributed by atoms with Gasteiger partial charge in [-0.1, -0.05) is 0 Å². The Bertz CT molecular complexity index is 240. The van der Waals surface area contributed by atoms with Crippen molar-refractivity contribution < 1.29 is 4.74 Å². The van der Waals surface area contributed by atoms with Gasteiger partial charge in [0, 0.05) is 12.0 Å². The van der Waals surface area contributed by atoms with Crippen LogP contribution >= 0.6 is 0 Å². The number of hydrogen-bond acceptors (Lipinski definition) is 3. The first-order chi connectivity index (χ1) is 7.81. The van der Waals surface area contributed by atoms with Crippen LogP contribution in [0.3, 0.4) is 0 Å². The summed E-state index contributed by atoms with van der Waals surface area (Å²) in [5.41, 5.74) is 0.548. The third-order valence-electron chi connectivity index (χ3n) is 5.10. The van der Waals surface area contributed by atoms with Gasteiger partial charge in [-0.2, -0.15) is 0 Å². The monoisotopic (exact) mass is 224 g/mol. The maximum absolute atomic E-state index is 5.60. The molecule has 0 radical (unpaired) electrons. The fourth-order valence-corrected chi connectivity index (χ4v) is 3.94. The molecule has 1 unspecified atom stereocenters. The van der Waals surface area contributed by atoms with Crippen molar-refractivity contribution in [2.45, 2.75) is 19.3 Å². The third-order valence-corrected chi connectivity index (χ3v) is 5.10. The average Bonchev–Trinajstić information content (AvgIpc) is 2.65. The molecule has 1 N–H and O–H groups in total. The second-order valence-electron chi connectivity index (χ2n) is 6.00. The minimum atomic E-state index is 0.548. The fourth-order valence-electron chi connectivity index (χ4n) is 3.94. The number of likely N-dealkylation sites (tertiary alicyclic amines) is 1. The quantitative estimate of drug-likeness (QED) is 0.756. The van der Waals surface area contributed by atoms with Crippen LogP contribution in [0.4, 0.5) is 0 Å². The molecule has 3 aliphatic heterocycles. The number of piperidine rings is 1. The zero-order valence-electron chi connectivity index (χ0n) is 10.4. The predicted molar refractivity (Wildman–Crippen MR) is 64.4 cm³/mol. The van der Waals surface area contributed by atoms with Crippen molar-refractivity contribution in [3.05, 3.63) is 0 Å². The van der Waals surface area contributed by atoms with Crippen LogP contribution in [-0.2, 0) is 4.74 Å². The molecular weight excluding hydrogens is 200 g/mol. The smallest absolute Gasteiger partial charge is 0.0550 e. The largest absolute Gasteiger partial charge is 0.380 e. The predicted octanol–water partition coefficient (Wildman–Crippen LogP) is 0.954. The molecule has 0 aromatic heterocycles. The highest BCUT2D eigenvalue weighted by Gasteiger charge is 2.52. The number of nitrogens with one attached hydrogen (secondary N) is 1. The normalized spacial score (nSPS) is 36.2. The molecule has 92 valence electrons. The summed E-state index contributed by atoms with van der Waals surface area (Å²) in [6.07, 6.45) is 4.12. The van der Waals surface area contributed by atoms with Crippen LogP contribution < -0.4 is 5.32 Å². The standard InChI is InChI=1S/C13H24N2O/c1-15-7-4-12(8-15)13(9-16-10-13)11-2-5-14-6-3-11/h11-12,14H,2-10H2,1H3. The molecule has 0 amide bonds. The number of nitrogens with zero attached hydrogens (tertiary/aromatic N) is 1. The highest BCUT2D eigenvalue weighted by molar-refractivity contribution is 5.00. The number of rotatable bonds is 2. The van der Waals surface area contributed by atoms with Gasteiger partial charge in [-0.25, -0.2) is 0 Å². The third kappa shape index (κ3) is 1.69. The van der Waals surface area contributed by atoms with Crippen molar-refractivity contribution in [1.29, 1.82) is 0 Å². The molecule has 0 aliphatic carbocycles. The Labute approximate surface area is 98.5 Å². The van der Waals surface area contributed by atoms with Crippen molar-refractivity contribution in [3.8, 4) is 0 Å². The van der Waals surface area contributed by atoms with E-state index in [-0.39, 0.29) is 0 Å². The van der Waals surface area contributed by atoms with Gasteiger partial charge in [-0.15, -0.1) is 0 Å². The topological polar surface area (TPSA) is 24.5 Å². The molecule has 3 heterocycles. The van der Waals surface area contributed by atoms with Crippen LogP contribution in [-0.4, -0.2) is 51.3 Å². The van der Waals surface area contributed by atoms with E-state index < -0.39 is 0 Å². The van der Waals surface area contributed by atoms with Gasteiger partial charge < -0.3 is 15.0 Å². The van der Waals surface area contributed by atoms with E-state index in [0.29, 0.717) is 5.41 Å². The molecular formula is C13H24N2O. The molecule has 3 fully saturated rings. The van der Waals surface area contributed by atoms with Crippen LogP contribution in [0.25, 0.3) is 0 Å². The maximum atomic E-state index is 5.60. The molecule has 0 aromatic rings. The lowest BCUT2D eigenvalue weighted by Crippen LogP contribution is -2.56. The van der Waals surface area contributed by atoms with Gasteiger partial charge in [0.05, 0.1) is 13.2 Å². The van der Waals surface area contributed by atoms with E-state index >= 15 is 0 Å². The Morgan fingerprint density at radius 3 is 2.38 bits per heavy atom. The van der Waals surface area contributed by atoms with Crippen molar-refractivity contribution in [2.24, 2.45) is 17.3 Å². The minimum Gasteiger partial charge on any atom is -0.380 e. The summed E-state index contributed by atoms with van der Waals surface area (Å²) < 4.78 is 5.60. The Morgan fingerprint density at radius 1 is 1.12 bits per heavy atom. The number of ether oxygens (including phenoxy) is 1. The molecule has 1 atom stereocenters. The summed E-state index contributed by atoms with van der Waals surface area (Å²) in [7, 11) is 2.26. The van der Waals surface area contributed by atoms with Crippen LogP contribution in [0.5, 0.6) is 0 Å². The Hall–Kier alpha value is -0.120. The molecule has 3 saturated heterocycles. The van der Waals surface area contributed by atoms with Crippen molar-refractivity contribution in [1.82, 2.24) is 10.2 Å². The fraction of sp³-hybridized carbons (Fsp3) is 1.00. The summed E-state index contributed by atoms with van der Waals surface area (Å²) in [5.74, 6) is 1.81. The highest BCUT2D eigenvalue weighted by Crippen LogP contribution is 2.49. The summed E-state index contributed by atoms with van der Waals surface area (Å²) in [4.78, 5) is 2.49. The van der Waals surface area contributed by atoms with Gasteiger partial charge in [0.15, 0.2) is 0 Å². The molecule has 0 spiro atoms.